The maximum absolute atomic E-state index is 12.2. The van der Waals surface area contributed by atoms with Gasteiger partial charge in [0.25, 0.3) is 0 Å². The Morgan fingerprint density at radius 2 is 1.85 bits per heavy atom. The number of nitrogens with two attached hydrogens (primary N) is 1. The molecule has 1 heterocycles. The molecule has 108 valence electrons. The summed E-state index contributed by atoms with van der Waals surface area (Å²) in [4.78, 5) is 25.2. The van der Waals surface area contributed by atoms with Crippen molar-refractivity contribution >= 4 is 11.9 Å². The molecular weight excluding hydrogens is 256 g/mol. The van der Waals surface area contributed by atoms with Crippen molar-refractivity contribution in [2.75, 3.05) is 13.1 Å². The molecule has 0 aromatic heterocycles. The number of aliphatic carboxylic acids is 1. The highest BCUT2D eigenvalue weighted by atomic mass is 16.4. The van der Waals surface area contributed by atoms with Gasteiger partial charge in [-0.25, -0.2) is 0 Å². The van der Waals surface area contributed by atoms with Crippen LogP contribution in [0, 0.1) is 5.92 Å². The second kappa shape index (κ2) is 5.25. The summed E-state index contributed by atoms with van der Waals surface area (Å²) in [7, 11) is 0. The molecular formula is C15H20N2O3. The summed E-state index contributed by atoms with van der Waals surface area (Å²) in [5.41, 5.74) is 5.80. The van der Waals surface area contributed by atoms with E-state index in [-0.39, 0.29) is 18.4 Å². The van der Waals surface area contributed by atoms with E-state index in [2.05, 4.69) is 0 Å². The first-order chi connectivity index (χ1) is 9.30. The number of carboxylic acids is 1. The van der Waals surface area contributed by atoms with Crippen LogP contribution in [0.3, 0.4) is 0 Å². The molecule has 20 heavy (non-hydrogen) atoms. The van der Waals surface area contributed by atoms with Gasteiger partial charge in [0.05, 0.1) is 11.5 Å². The third-order valence-electron chi connectivity index (χ3n) is 3.70. The number of likely N-dealkylation sites (tertiary alicyclic amines) is 1. The topological polar surface area (TPSA) is 83.6 Å². The van der Waals surface area contributed by atoms with Gasteiger partial charge in [0.15, 0.2) is 0 Å². The quantitative estimate of drug-likeness (QED) is 0.864. The van der Waals surface area contributed by atoms with Gasteiger partial charge >= 0.3 is 5.97 Å². The average Bonchev–Trinajstić information content (AvgIpc) is 2.82. The number of carbonyl (C=O) groups excluding carboxylic acids is 1. The lowest BCUT2D eigenvalue weighted by Gasteiger charge is -2.25. The predicted octanol–water partition coefficient (Wildman–Crippen LogP) is 1.05. The standard InChI is InChI=1S/C15H20N2O3/c1-15(2,16)14(20)17-8-11(12(9-17)13(18)19)10-6-4-3-5-7-10/h3-7,11-12H,8-9,16H2,1-2H3,(H,18,19)/t11-,12+/m1/s1. The maximum Gasteiger partial charge on any atom is 0.308 e. The fourth-order valence-corrected chi connectivity index (χ4v) is 2.67. The molecule has 1 saturated heterocycles. The lowest BCUT2D eigenvalue weighted by Crippen LogP contribution is -2.50. The van der Waals surface area contributed by atoms with Crippen LogP contribution in [0.4, 0.5) is 0 Å². The normalized spacial score (nSPS) is 22.9. The van der Waals surface area contributed by atoms with Gasteiger partial charge < -0.3 is 15.7 Å². The zero-order valence-corrected chi connectivity index (χ0v) is 11.7. The third kappa shape index (κ3) is 2.82. The number of rotatable bonds is 3. The highest BCUT2D eigenvalue weighted by Crippen LogP contribution is 2.33. The maximum atomic E-state index is 12.2. The molecule has 0 radical (unpaired) electrons. The molecule has 2 atom stereocenters. The number of hydrogen-bond donors (Lipinski definition) is 2. The van der Waals surface area contributed by atoms with Crippen molar-refractivity contribution in [1.82, 2.24) is 4.90 Å². The van der Waals surface area contributed by atoms with Crippen LogP contribution in [0.25, 0.3) is 0 Å². The van der Waals surface area contributed by atoms with Crippen LogP contribution in [0.15, 0.2) is 30.3 Å². The number of nitrogens with zero attached hydrogens (tertiary/aromatic N) is 1. The third-order valence-corrected chi connectivity index (χ3v) is 3.70. The van der Waals surface area contributed by atoms with Gasteiger partial charge in [-0.15, -0.1) is 0 Å². The summed E-state index contributed by atoms with van der Waals surface area (Å²) < 4.78 is 0. The van der Waals surface area contributed by atoms with Gasteiger partial charge in [0, 0.05) is 19.0 Å². The molecule has 5 nitrogen and oxygen atoms in total. The molecule has 2 rings (SSSR count). The lowest BCUT2D eigenvalue weighted by atomic mass is 9.89. The van der Waals surface area contributed by atoms with E-state index in [9.17, 15) is 14.7 Å². The smallest absolute Gasteiger partial charge is 0.308 e. The van der Waals surface area contributed by atoms with Crippen LogP contribution < -0.4 is 5.73 Å². The van der Waals surface area contributed by atoms with Crippen molar-refractivity contribution in [2.24, 2.45) is 11.7 Å². The fourth-order valence-electron chi connectivity index (χ4n) is 2.67. The number of carbonyl (C=O) groups is 2. The molecule has 5 heteroatoms. The Hall–Kier alpha value is -1.88. The monoisotopic (exact) mass is 276 g/mol. The Balaban J connectivity index is 2.25. The van der Waals surface area contributed by atoms with E-state index < -0.39 is 17.4 Å². The second-order valence-electron chi connectivity index (χ2n) is 5.89. The van der Waals surface area contributed by atoms with Crippen LogP contribution in [0.2, 0.25) is 0 Å². The Morgan fingerprint density at radius 3 is 2.35 bits per heavy atom. The fraction of sp³-hybridized carbons (Fsp3) is 0.467. The summed E-state index contributed by atoms with van der Waals surface area (Å²) in [6.07, 6.45) is 0. The largest absolute Gasteiger partial charge is 0.481 e. The van der Waals surface area contributed by atoms with Crippen LogP contribution in [-0.2, 0) is 9.59 Å². The minimum absolute atomic E-state index is 0.181. The highest BCUT2D eigenvalue weighted by molar-refractivity contribution is 5.86. The molecule has 0 saturated carbocycles. The van der Waals surface area contributed by atoms with Crippen molar-refractivity contribution in [3.8, 4) is 0 Å². The number of benzene rings is 1. The molecule has 0 aliphatic carbocycles. The Kier molecular flexibility index (Phi) is 3.81. The highest BCUT2D eigenvalue weighted by Gasteiger charge is 2.42. The molecule has 1 amide bonds. The van der Waals surface area contributed by atoms with E-state index in [0.29, 0.717) is 6.54 Å². The van der Waals surface area contributed by atoms with Crippen LogP contribution >= 0.6 is 0 Å². The molecule has 1 aliphatic rings. The Bertz CT molecular complexity index is 508. The van der Waals surface area contributed by atoms with E-state index in [1.54, 1.807) is 18.7 Å². The second-order valence-corrected chi connectivity index (χ2v) is 5.89. The van der Waals surface area contributed by atoms with Gasteiger partial charge in [-0.2, -0.15) is 0 Å². The van der Waals surface area contributed by atoms with Crippen LogP contribution in [0.1, 0.15) is 25.3 Å². The molecule has 0 spiro atoms. The first-order valence-electron chi connectivity index (χ1n) is 6.66. The minimum Gasteiger partial charge on any atom is -0.481 e. The predicted molar refractivity (Wildman–Crippen MR) is 75.2 cm³/mol. The van der Waals surface area contributed by atoms with Gasteiger partial charge in [-0.05, 0) is 19.4 Å². The molecule has 0 unspecified atom stereocenters. The summed E-state index contributed by atoms with van der Waals surface area (Å²) in [5, 5.41) is 9.38. The average molecular weight is 276 g/mol. The van der Waals surface area contributed by atoms with Crippen LogP contribution in [0.5, 0.6) is 0 Å². The van der Waals surface area contributed by atoms with E-state index >= 15 is 0 Å². The Morgan fingerprint density at radius 1 is 1.25 bits per heavy atom. The minimum atomic E-state index is -0.978. The number of amides is 1. The molecule has 3 N–H and O–H groups in total. The first-order valence-corrected chi connectivity index (χ1v) is 6.66. The molecule has 1 fully saturated rings. The zero-order chi connectivity index (χ0) is 14.9. The zero-order valence-electron chi connectivity index (χ0n) is 11.7. The number of hydrogen-bond acceptors (Lipinski definition) is 3. The van der Waals surface area contributed by atoms with Crippen molar-refractivity contribution in [2.45, 2.75) is 25.3 Å². The SMILES string of the molecule is CC(C)(N)C(=O)N1C[C@H](C(=O)O)[C@@H](c2ccccc2)C1. The summed E-state index contributed by atoms with van der Waals surface area (Å²) in [6.45, 7) is 3.90. The summed E-state index contributed by atoms with van der Waals surface area (Å²) in [6, 6.07) is 9.46. The van der Waals surface area contributed by atoms with Crippen molar-refractivity contribution in [3.05, 3.63) is 35.9 Å². The van der Waals surface area contributed by atoms with Crippen LogP contribution in [-0.4, -0.2) is 40.5 Å². The van der Waals surface area contributed by atoms with E-state index in [0.717, 1.165) is 5.56 Å². The number of carboxylic acid groups (broad SMARTS) is 1. The molecule has 1 aromatic carbocycles. The molecule has 1 aromatic rings. The van der Waals surface area contributed by atoms with Crippen molar-refractivity contribution < 1.29 is 14.7 Å². The van der Waals surface area contributed by atoms with Gasteiger partial charge in [0.1, 0.15) is 0 Å². The van der Waals surface area contributed by atoms with Gasteiger partial charge in [-0.3, -0.25) is 9.59 Å². The molecule has 0 bridgehead atoms. The van der Waals surface area contributed by atoms with E-state index in [1.165, 1.54) is 0 Å². The van der Waals surface area contributed by atoms with E-state index in [1.807, 2.05) is 30.3 Å². The van der Waals surface area contributed by atoms with Gasteiger partial charge in [-0.1, -0.05) is 30.3 Å². The summed E-state index contributed by atoms with van der Waals surface area (Å²) >= 11 is 0. The Labute approximate surface area is 118 Å². The molecule has 1 aliphatic heterocycles. The van der Waals surface area contributed by atoms with Gasteiger partial charge in [0.2, 0.25) is 5.91 Å². The summed E-state index contributed by atoms with van der Waals surface area (Å²) in [5.74, 6) is -1.84. The van der Waals surface area contributed by atoms with Crippen molar-refractivity contribution in [1.29, 1.82) is 0 Å². The lowest BCUT2D eigenvalue weighted by molar-refractivity contribution is -0.142. The van der Waals surface area contributed by atoms with Crippen molar-refractivity contribution in [3.63, 3.8) is 0 Å². The first kappa shape index (κ1) is 14.5. The van der Waals surface area contributed by atoms with E-state index in [4.69, 9.17) is 5.73 Å².